The third kappa shape index (κ3) is 6.40. The van der Waals surface area contributed by atoms with Gasteiger partial charge in [-0.2, -0.15) is 0 Å². The number of aryl methyl sites for hydroxylation is 1. The van der Waals surface area contributed by atoms with Gasteiger partial charge >= 0.3 is 0 Å². The zero-order valence-corrected chi connectivity index (χ0v) is 31.2. The van der Waals surface area contributed by atoms with Crippen molar-refractivity contribution >= 4 is 21.8 Å². The molecule has 3 aromatic heterocycles. The molecule has 0 aliphatic carbocycles. The van der Waals surface area contributed by atoms with Crippen molar-refractivity contribution in [1.82, 2.24) is 14.5 Å². The summed E-state index contributed by atoms with van der Waals surface area (Å²) in [6, 6.07) is 25.5. The molecule has 0 fully saturated rings. The first-order valence-electron chi connectivity index (χ1n) is 15.9. The number of phenols is 1. The van der Waals surface area contributed by atoms with Gasteiger partial charge in [-0.15, -0.1) is 23.3 Å². The summed E-state index contributed by atoms with van der Waals surface area (Å²) in [4.78, 5) is 9.62. The number of pyridine rings is 2. The standard InChI is InChI=1S/C41H43FN3O.Pt/c1-24-12-11-13-28(38(24)46)29-23-36-31(22-32(29)41(8,9)10)30-18-25(39(2,3)4)14-15-35(30)45(36)37-20-26(40(5,6)7)19-34(44-37)33-21-27(42)16-17-43-33;/h11-22,46H,1-10H3;/q-1;. The Kier molecular flexibility index (Phi) is 8.82. The van der Waals surface area contributed by atoms with Gasteiger partial charge in [-0.05, 0) is 75.0 Å². The van der Waals surface area contributed by atoms with E-state index in [0.717, 1.165) is 49.6 Å². The molecular formula is C41H43FN3OPt-. The van der Waals surface area contributed by atoms with Crippen molar-refractivity contribution in [3.8, 4) is 34.1 Å². The maximum atomic E-state index is 14.4. The van der Waals surface area contributed by atoms with Crippen molar-refractivity contribution in [2.45, 2.75) is 85.5 Å². The summed E-state index contributed by atoms with van der Waals surface area (Å²) in [5.41, 5.74) is 8.28. The van der Waals surface area contributed by atoms with E-state index in [2.05, 4.69) is 108 Å². The van der Waals surface area contributed by atoms with Gasteiger partial charge in [0.1, 0.15) is 11.6 Å². The van der Waals surface area contributed by atoms with Gasteiger partial charge in [-0.1, -0.05) is 104 Å². The fraction of sp³-hybridized carbons (Fsp3) is 0.317. The third-order valence-electron chi connectivity index (χ3n) is 8.88. The molecule has 1 N–H and O–H groups in total. The summed E-state index contributed by atoms with van der Waals surface area (Å²) in [6.45, 7) is 21.7. The van der Waals surface area contributed by atoms with E-state index in [1.54, 1.807) is 0 Å². The Balaban J connectivity index is 0.00000433. The van der Waals surface area contributed by atoms with E-state index in [-0.39, 0.29) is 48.9 Å². The van der Waals surface area contributed by atoms with E-state index in [0.29, 0.717) is 17.2 Å². The topological polar surface area (TPSA) is 50.9 Å². The molecule has 6 aromatic rings. The van der Waals surface area contributed by atoms with E-state index >= 15 is 0 Å². The molecule has 0 aliphatic rings. The van der Waals surface area contributed by atoms with Crippen LogP contribution in [0.2, 0.25) is 0 Å². The van der Waals surface area contributed by atoms with Crippen molar-refractivity contribution in [2.75, 3.05) is 0 Å². The summed E-state index contributed by atoms with van der Waals surface area (Å²) in [7, 11) is 0. The number of hydrogen-bond acceptors (Lipinski definition) is 3. The molecule has 0 atom stereocenters. The van der Waals surface area contributed by atoms with Crippen LogP contribution in [0.25, 0.3) is 50.1 Å². The van der Waals surface area contributed by atoms with Crippen LogP contribution in [-0.4, -0.2) is 19.6 Å². The SMILES string of the molecule is Cc1cccc(-c2[c-]c3c(cc2C(C)(C)C)c2cc(C(C)(C)C)ccc2n3-c2cc(C(C)(C)C)cc(-c3cc(F)ccn3)n2)c1O.[Pt]. The predicted molar refractivity (Wildman–Crippen MR) is 189 cm³/mol. The normalized spacial score (nSPS) is 12.5. The molecule has 0 bridgehead atoms. The first-order valence-corrected chi connectivity index (χ1v) is 15.9. The molecule has 0 aliphatic heterocycles. The van der Waals surface area contributed by atoms with Gasteiger partial charge in [0.05, 0.1) is 17.1 Å². The number of rotatable bonds is 3. The Hall–Kier alpha value is -3.82. The second kappa shape index (κ2) is 12.0. The van der Waals surface area contributed by atoms with Crippen LogP contribution in [0.15, 0.2) is 72.9 Å². The van der Waals surface area contributed by atoms with E-state index in [9.17, 15) is 9.50 Å². The van der Waals surface area contributed by atoms with Crippen LogP contribution in [0.4, 0.5) is 4.39 Å². The molecule has 3 heterocycles. The van der Waals surface area contributed by atoms with Crippen molar-refractivity contribution < 1.29 is 30.6 Å². The number of nitrogens with zero attached hydrogens (tertiary/aromatic N) is 3. The summed E-state index contributed by atoms with van der Waals surface area (Å²) in [5, 5.41) is 13.5. The first-order chi connectivity index (χ1) is 21.4. The van der Waals surface area contributed by atoms with Crippen LogP contribution in [0.1, 0.15) is 84.6 Å². The van der Waals surface area contributed by atoms with Crippen LogP contribution < -0.4 is 0 Å². The summed E-state index contributed by atoms with van der Waals surface area (Å²) in [6.07, 6.45) is 1.48. The molecular weight excluding hydrogens is 765 g/mol. The Morgan fingerprint density at radius 1 is 0.745 bits per heavy atom. The van der Waals surface area contributed by atoms with Crippen LogP contribution in [-0.2, 0) is 37.3 Å². The van der Waals surface area contributed by atoms with Crippen molar-refractivity contribution in [3.05, 3.63) is 107 Å². The molecule has 6 rings (SSSR count). The number of fused-ring (bicyclic) bond motifs is 3. The second-order valence-electron chi connectivity index (χ2n) is 15.6. The van der Waals surface area contributed by atoms with Gasteiger partial charge < -0.3 is 9.67 Å². The number of benzene rings is 3. The average molecular weight is 808 g/mol. The molecule has 47 heavy (non-hydrogen) atoms. The summed E-state index contributed by atoms with van der Waals surface area (Å²) < 4.78 is 16.6. The van der Waals surface area contributed by atoms with Gasteiger partial charge in [0.15, 0.2) is 0 Å². The van der Waals surface area contributed by atoms with Crippen LogP contribution >= 0.6 is 0 Å². The van der Waals surface area contributed by atoms with E-state index in [1.165, 1.54) is 23.9 Å². The Morgan fingerprint density at radius 2 is 1.45 bits per heavy atom. The van der Waals surface area contributed by atoms with Crippen LogP contribution in [0, 0.1) is 18.8 Å². The van der Waals surface area contributed by atoms with Crippen molar-refractivity contribution in [3.63, 3.8) is 0 Å². The fourth-order valence-electron chi connectivity index (χ4n) is 6.10. The van der Waals surface area contributed by atoms with Gasteiger partial charge in [0.25, 0.3) is 0 Å². The number of aromatic nitrogens is 3. The second-order valence-corrected chi connectivity index (χ2v) is 15.6. The Morgan fingerprint density at radius 3 is 2.09 bits per heavy atom. The molecule has 246 valence electrons. The molecule has 0 saturated carbocycles. The fourth-order valence-corrected chi connectivity index (χ4v) is 6.10. The summed E-state index contributed by atoms with van der Waals surface area (Å²) in [5.74, 6) is 0.608. The van der Waals surface area contributed by atoms with Crippen LogP contribution in [0.5, 0.6) is 5.75 Å². The zero-order valence-electron chi connectivity index (χ0n) is 28.9. The monoisotopic (exact) mass is 807 g/mol. The largest absolute Gasteiger partial charge is 0.517 e. The predicted octanol–water partition coefficient (Wildman–Crippen LogP) is 10.8. The number of hydrogen-bond donors (Lipinski definition) is 1. The third-order valence-corrected chi connectivity index (χ3v) is 8.88. The molecule has 0 radical (unpaired) electrons. The minimum atomic E-state index is -0.355. The maximum absolute atomic E-state index is 14.4. The maximum Gasteiger partial charge on any atom is 0.137 e. The molecule has 0 unspecified atom stereocenters. The molecule has 3 aromatic carbocycles. The van der Waals surface area contributed by atoms with E-state index < -0.39 is 0 Å². The van der Waals surface area contributed by atoms with Gasteiger partial charge in [0, 0.05) is 38.8 Å². The van der Waals surface area contributed by atoms with Crippen molar-refractivity contribution in [1.29, 1.82) is 0 Å². The quantitative estimate of drug-likeness (QED) is 0.181. The zero-order chi connectivity index (χ0) is 33.3. The molecule has 4 nitrogen and oxygen atoms in total. The number of para-hydroxylation sites is 1. The van der Waals surface area contributed by atoms with E-state index in [4.69, 9.17) is 4.98 Å². The average Bonchev–Trinajstić information content (AvgIpc) is 3.29. The van der Waals surface area contributed by atoms with Gasteiger partial charge in [-0.25, -0.2) is 9.37 Å². The number of phenolic OH excluding ortho intramolecular Hbond substituents is 1. The smallest absolute Gasteiger partial charge is 0.137 e. The summed E-state index contributed by atoms with van der Waals surface area (Å²) >= 11 is 0. The molecule has 0 saturated heterocycles. The minimum absolute atomic E-state index is 0. The molecule has 0 amide bonds. The minimum Gasteiger partial charge on any atom is -0.517 e. The molecule has 0 spiro atoms. The van der Waals surface area contributed by atoms with Gasteiger partial charge in [-0.3, -0.25) is 4.98 Å². The van der Waals surface area contributed by atoms with Crippen molar-refractivity contribution in [2.24, 2.45) is 0 Å². The van der Waals surface area contributed by atoms with Crippen LogP contribution in [0.3, 0.4) is 0 Å². The Labute approximate surface area is 292 Å². The number of aromatic hydroxyl groups is 1. The number of halogens is 1. The molecule has 6 heteroatoms. The van der Waals surface area contributed by atoms with E-state index in [1.807, 2.05) is 31.2 Å². The Bertz CT molecular complexity index is 2140. The van der Waals surface area contributed by atoms with Gasteiger partial charge in [0.2, 0.25) is 0 Å². The first kappa shape index (κ1) is 34.5.